The number of amides is 1. The summed E-state index contributed by atoms with van der Waals surface area (Å²) in [4.78, 5) is 14.3. The first-order valence-electron chi connectivity index (χ1n) is 8.30. The fourth-order valence-electron chi connectivity index (χ4n) is 3.14. The molecule has 0 spiro atoms. The number of benzene rings is 1. The van der Waals surface area contributed by atoms with Crippen molar-refractivity contribution in [1.82, 2.24) is 5.32 Å². The van der Waals surface area contributed by atoms with Gasteiger partial charge in [0.15, 0.2) is 0 Å². The summed E-state index contributed by atoms with van der Waals surface area (Å²) < 4.78 is 0. The van der Waals surface area contributed by atoms with Gasteiger partial charge in [-0.05, 0) is 31.9 Å². The largest absolute Gasteiger partial charge is 0.392 e. The molecule has 4 nitrogen and oxygen atoms in total. The van der Waals surface area contributed by atoms with Crippen molar-refractivity contribution in [3.8, 4) is 0 Å². The van der Waals surface area contributed by atoms with Gasteiger partial charge in [0.25, 0.3) is 0 Å². The van der Waals surface area contributed by atoms with Crippen LogP contribution in [0.4, 0.5) is 5.69 Å². The molecule has 0 aromatic heterocycles. The first-order valence-corrected chi connectivity index (χ1v) is 8.30. The third kappa shape index (κ3) is 4.23. The highest BCUT2D eigenvalue weighted by Crippen LogP contribution is 2.35. The van der Waals surface area contributed by atoms with Crippen LogP contribution >= 0.6 is 0 Å². The third-order valence-electron chi connectivity index (χ3n) is 4.81. The van der Waals surface area contributed by atoms with E-state index >= 15 is 0 Å². The van der Waals surface area contributed by atoms with E-state index in [9.17, 15) is 9.90 Å². The van der Waals surface area contributed by atoms with Crippen LogP contribution in [0.2, 0.25) is 0 Å². The Hall–Kier alpha value is -1.55. The van der Waals surface area contributed by atoms with Crippen LogP contribution in [0.25, 0.3) is 0 Å². The Morgan fingerprint density at radius 1 is 1.36 bits per heavy atom. The Morgan fingerprint density at radius 2 is 2.09 bits per heavy atom. The van der Waals surface area contributed by atoms with E-state index in [2.05, 4.69) is 17.1 Å². The maximum Gasteiger partial charge on any atom is 0.239 e. The molecule has 0 aliphatic heterocycles. The van der Waals surface area contributed by atoms with Crippen molar-refractivity contribution in [2.75, 3.05) is 24.5 Å². The molecule has 1 aromatic rings. The predicted octanol–water partition coefficient (Wildman–Crippen LogP) is 2.57. The van der Waals surface area contributed by atoms with E-state index in [1.54, 1.807) is 0 Å². The summed E-state index contributed by atoms with van der Waals surface area (Å²) in [5.74, 6) is 0.0182. The SMILES string of the molecule is CCN(CC(=O)NC[C@@]1(C)CCCC[C@H]1O)c1ccccc1. The van der Waals surface area contributed by atoms with Gasteiger partial charge in [-0.3, -0.25) is 4.79 Å². The van der Waals surface area contributed by atoms with Crippen LogP contribution in [0.3, 0.4) is 0 Å². The number of para-hydroxylation sites is 1. The van der Waals surface area contributed by atoms with Gasteiger partial charge in [0.2, 0.25) is 5.91 Å². The van der Waals surface area contributed by atoms with Crippen LogP contribution in [0.5, 0.6) is 0 Å². The minimum Gasteiger partial charge on any atom is -0.392 e. The molecule has 0 radical (unpaired) electrons. The van der Waals surface area contributed by atoms with Gasteiger partial charge in [-0.1, -0.05) is 38.0 Å². The molecule has 1 aromatic carbocycles. The highest BCUT2D eigenvalue weighted by molar-refractivity contribution is 5.81. The highest BCUT2D eigenvalue weighted by Gasteiger charge is 2.35. The summed E-state index contributed by atoms with van der Waals surface area (Å²) >= 11 is 0. The minimum atomic E-state index is -0.307. The minimum absolute atomic E-state index is 0.0182. The molecule has 122 valence electrons. The number of aliphatic hydroxyl groups is 1. The average molecular weight is 304 g/mol. The number of hydrogen-bond acceptors (Lipinski definition) is 3. The van der Waals surface area contributed by atoms with Gasteiger partial charge in [-0.15, -0.1) is 0 Å². The summed E-state index contributed by atoms with van der Waals surface area (Å²) in [6.45, 7) is 5.82. The van der Waals surface area contributed by atoms with E-state index in [4.69, 9.17) is 0 Å². The first-order chi connectivity index (χ1) is 10.5. The van der Waals surface area contributed by atoms with E-state index in [1.807, 2.05) is 37.3 Å². The quantitative estimate of drug-likeness (QED) is 0.849. The number of carbonyl (C=O) groups is 1. The summed E-state index contributed by atoms with van der Waals surface area (Å²) in [6.07, 6.45) is 3.73. The van der Waals surface area contributed by atoms with Crippen LogP contribution in [0.15, 0.2) is 30.3 Å². The molecule has 1 saturated carbocycles. The zero-order valence-corrected chi connectivity index (χ0v) is 13.7. The van der Waals surface area contributed by atoms with Gasteiger partial charge in [0.05, 0.1) is 12.6 Å². The fourth-order valence-corrected chi connectivity index (χ4v) is 3.14. The molecule has 1 amide bonds. The van der Waals surface area contributed by atoms with Crippen LogP contribution < -0.4 is 10.2 Å². The molecule has 0 saturated heterocycles. The molecule has 1 aliphatic carbocycles. The monoisotopic (exact) mass is 304 g/mol. The van der Waals surface area contributed by atoms with Crippen molar-refractivity contribution >= 4 is 11.6 Å². The van der Waals surface area contributed by atoms with E-state index < -0.39 is 0 Å². The Bertz CT molecular complexity index is 477. The number of nitrogens with zero attached hydrogens (tertiary/aromatic N) is 1. The molecule has 2 N–H and O–H groups in total. The number of nitrogens with one attached hydrogen (secondary N) is 1. The zero-order chi connectivity index (χ0) is 16.0. The molecule has 1 aliphatic rings. The smallest absolute Gasteiger partial charge is 0.239 e. The molecule has 0 unspecified atom stereocenters. The zero-order valence-electron chi connectivity index (χ0n) is 13.7. The van der Waals surface area contributed by atoms with Crippen LogP contribution in [0.1, 0.15) is 39.5 Å². The van der Waals surface area contributed by atoms with Crippen molar-refractivity contribution in [3.63, 3.8) is 0 Å². The number of anilines is 1. The van der Waals surface area contributed by atoms with Crippen LogP contribution in [-0.2, 0) is 4.79 Å². The Kier molecular flexibility index (Phi) is 5.83. The molecule has 22 heavy (non-hydrogen) atoms. The molecule has 0 bridgehead atoms. The Balaban J connectivity index is 1.87. The first kappa shape index (κ1) is 16.8. The van der Waals surface area contributed by atoms with E-state index in [-0.39, 0.29) is 17.4 Å². The van der Waals surface area contributed by atoms with Crippen molar-refractivity contribution in [2.24, 2.45) is 5.41 Å². The van der Waals surface area contributed by atoms with Crippen molar-refractivity contribution in [3.05, 3.63) is 30.3 Å². The fraction of sp³-hybridized carbons (Fsp3) is 0.611. The second kappa shape index (κ2) is 7.63. The summed E-state index contributed by atoms with van der Waals surface area (Å²) in [6, 6.07) is 9.97. The highest BCUT2D eigenvalue weighted by atomic mass is 16.3. The van der Waals surface area contributed by atoms with Gasteiger partial charge >= 0.3 is 0 Å². The van der Waals surface area contributed by atoms with Crippen molar-refractivity contribution in [1.29, 1.82) is 0 Å². The number of likely N-dealkylation sites (N-methyl/N-ethyl adjacent to an activating group) is 1. The lowest BCUT2D eigenvalue weighted by Crippen LogP contribution is -2.47. The maximum atomic E-state index is 12.2. The Morgan fingerprint density at radius 3 is 2.73 bits per heavy atom. The predicted molar refractivity (Wildman–Crippen MR) is 89.9 cm³/mol. The van der Waals surface area contributed by atoms with Gasteiger partial charge in [-0.25, -0.2) is 0 Å². The molecule has 1 fully saturated rings. The van der Waals surface area contributed by atoms with Gasteiger partial charge in [0, 0.05) is 24.2 Å². The number of aliphatic hydroxyl groups excluding tert-OH is 1. The lowest BCUT2D eigenvalue weighted by atomic mass is 9.73. The average Bonchev–Trinajstić information content (AvgIpc) is 2.54. The van der Waals surface area contributed by atoms with E-state index in [1.165, 1.54) is 0 Å². The third-order valence-corrected chi connectivity index (χ3v) is 4.81. The van der Waals surface area contributed by atoms with Gasteiger partial charge in [0.1, 0.15) is 0 Å². The van der Waals surface area contributed by atoms with E-state index in [0.29, 0.717) is 13.1 Å². The molecular weight excluding hydrogens is 276 g/mol. The van der Waals surface area contributed by atoms with Gasteiger partial charge < -0.3 is 15.3 Å². The molecular formula is C18H28N2O2. The van der Waals surface area contributed by atoms with Crippen LogP contribution in [0, 0.1) is 5.41 Å². The van der Waals surface area contributed by atoms with Crippen LogP contribution in [-0.4, -0.2) is 36.8 Å². The topological polar surface area (TPSA) is 52.6 Å². The molecule has 4 heteroatoms. The summed E-state index contributed by atoms with van der Waals surface area (Å²) in [5, 5.41) is 13.2. The second-order valence-electron chi connectivity index (χ2n) is 6.54. The normalized spacial score (nSPS) is 24.8. The molecule has 2 atom stereocenters. The lowest BCUT2D eigenvalue weighted by molar-refractivity contribution is -0.121. The number of hydrogen-bond donors (Lipinski definition) is 2. The molecule has 2 rings (SSSR count). The molecule has 0 heterocycles. The standard InChI is InChI=1S/C18H28N2O2/c1-3-20(15-9-5-4-6-10-15)13-17(22)19-14-18(2)12-8-7-11-16(18)21/h4-6,9-10,16,21H,3,7-8,11-14H2,1-2H3,(H,19,22)/t16-,18-/m1/s1. The lowest BCUT2D eigenvalue weighted by Gasteiger charge is -2.38. The van der Waals surface area contributed by atoms with Crippen molar-refractivity contribution in [2.45, 2.75) is 45.6 Å². The van der Waals surface area contributed by atoms with Crippen molar-refractivity contribution < 1.29 is 9.90 Å². The van der Waals surface area contributed by atoms with E-state index in [0.717, 1.165) is 37.9 Å². The number of rotatable bonds is 6. The summed E-state index contributed by atoms with van der Waals surface area (Å²) in [7, 11) is 0. The number of carbonyl (C=O) groups excluding carboxylic acids is 1. The Labute approximate surface area is 133 Å². The van der Waals surface area contributed by atoms with Gasteiger partial charge in [-0.2, -0.15) is 0 Å². The summed E-state index contributed by atoms with van der Waals surface area (Å²) in [5.41, 5.74) is 0.876. The maximum absolute atomic E-state index is 12.2. The second-order valence-corrected chi connectivity index (χ2v) is 6.54.